The highest BCUT2D eigenvalue weighted by atomic mass is 16.5. The number of hydrogen-bond donors (Lipinski definition) is 2. The summed E-state index contributed by atoms with van der Waals surface area (Å²) >= 11 is 0. The summed E-state index contributed by atoms with van der Waals surface area (Å²) in [4.78, 5) is 22.2. The molecule has 3 rings (SSSR count). The summed E-state index contributed by atoms with van der Waals surface area (Å²) < 4.78 is 5.83. The van der Waals surface area contributed by atoms with E-state index in [4.69, 9.17) is 4.74 Å². The Morgan fingerprint density at radius 3 is 2.84 bits per heavy atom. The van der Waals surface area contributed by atoms with Gasteiger partial charge in [-0.05, 0) is 31.1 Å². The average molecular weight is 342 g/mol. The van der Waals surface area contributed by atoms with E-state index in [2.05, 4.69) is 48.1 Å². The van der Waals surface area contributed by atoms with Crippen LogP contribution in [-0.2, 0) is 13.0 Å². The standard InChI is InChI=1S/C19H26N4O2/c1-19(2,12-23(3)4)11-20-18-21-15-10-25-16-8-6-5-7-13(16)9-14(15)17(24)22-18/h5-8H,9-12H2,1-4H3,(H2,20,21,22,24). The zero-order valence-corrected chi connectivity index (χ0v) is 15.3. The Labute approximate surface area is 148 Å². The van der Waals surface area contributed by atoms with Crippen molar-refractivity contribution in [2.24, 2.45) is 5.41 Å². The molecule has 2 aromatic rings. The van der Waals surface area contributed by atoms with Crippen LogP contribution in [0.1, 0.15) is 30.7 Å². The molecule has 134 valence electrons. The molecule has 2 N–H and O–H groups in total. The summed E-state index contributed by atoms with van der Waals surface area (Å²) in [5.41, 5.74) is 2.36. The molecule has 0 saturated carbocycles. The number of fused-ring (bicyclic) bond motifs is 2. The second-order valence-electron chi connectivity index (χ2n) is 7.67. The fourth-order valence-electron chi connectivity index (χ4n) is 3.29. The minimum absolute atomic E-state index is 0.0571. The lowest BCUT2D eigenvalue weighted by molar-refractivity contribution is 0.253. The quantitative estimate of drug-likeness (QED) is 0.872. The van der Waals surface area contributed by atoms with Crippen molar-refractivity contribution in [1.82, 2.24) is 14.9 Å². The lowest BCUT2D eigenvalue weighted by atomic mass is 9.93. The largest absolute Gasteiger partial charge is 0.487 e. The molecule has 0 saturated heterocycles. The molecule has 0 unspecified atom stereocenters. The molecule has 0 atom stereocenters. The molecule has 6 nitrogen and oxygen atoms in total. The minimum atomic E-state index is -0.0989. The van der Waals surface area contributed by atoms with Crippen LogP contribution in [0.5, 0.6) is 5.75 Å². The number of benzene rings is 1. The number of aromatic nitrogens is 2. The molecule has 0 radical (unpaired) electrons. The number of hydrogen-bond acceptors (Lipinski definition) is 5. The van der Waals surface area contributed by atoms with Crippen molar-refractivity contribution in [3.8, 4) is 5.75 Å². The van der Waals surface area contributed by atoms with Gasteiger partial charge in [0.2, 0.25) is 5.95 Å². The summed E-state index contributed by atoms with van der Waals surface area (Å²) in [7, 11) is 4.11. The summed E-state index contributed by atoms with van der Waals surface area (Å²) in [5.74, 6) is 1.33. The van der Waals surface area contributed by atoms with E-state index >= 15 is 0 Å². The van der Waals surface area contributed by atoms with E-state index in [1.54, 1.807) is 0 Å². The van der Waals surface area contributed by atoms with Gasteiger partial charge in [0.1, 0.15) is 12.4 Å². The van der Waals surface area contributed by atoms with Gasteiger partial charge in [0.25, 0.3) is 5.56 Å². The van der Waals surface area contributed by atoms with Gasteiger partial charge in [0.15, 0.2) is 0 Å². The topological polar surface area (TPSA) is 70.2 Å². The maximum Gasteiger partial charge on any atom is 0.256 e. The smallest absolute Gasteiger partial charge is 0.256 e. The van der Waals surface area contributed by atoms with Crippen LogP contribution in [0.4, 0.5) is 5.95 Å². The first-order valence-corrected chi connectivity index (χ1v) is 8.55. The SMILES string of the molecule is CN(C)CC(C)(C)CNc1nc2c(c(=O)[nH]1)Cc1ccccc1OC2. The van der Waals surface area contributed by atoms with Crippen molar-refractivity contribution in [3.05, 3.63) is 51.4 Å². The first kappa shape index (κ1) is 17.5. The highest BCUT2D eigenvalue weighted by Crippen LogP contribution is 2.26. The summed E-state index contributed by atoms with van der Waals surface area (Å²) in [5, 5.41) is 3.27. The predicted molar refractivity (Wildman–Crippen MR) is 99.3 cm³/mol. The van der Waals surface area contributed by atoms with E-state index in [0.29, 0.717) is 36.8 Å². The summed E-state index contributed by atoms with van der Waals surface area (Å²) in [6.45, 7) is 6.33. The molecule has 6 heteroatoms. The number of H-pyrrole nitrogens is 1. The van der Waals surface area contributed by atoms with Crippen LogP contribution in [0.15, 0.2) is 29.1 Å². The second kappa shape index (κ2) is 6.88. The minimum Gasteiger partial charge on any atom is -0.487 e. The fourth-order valence-corrected chi connectivity index (χ4v) is 3.29. The van der Waals surface area contributed by atoms with Crippen molar-refractivity contribution >= 4 is 5.95 Å². The first-order chi connectivity index (χ1) is 11.8. The molecule has 2 heterocycles. The monoisotopic (exact) mass is 342 g/mol. The number of rotatable bonds is 5. The Bertz CT molecular complexity index is 811. The van der Waals surface area contributed by atoms with Crippen LogP contribution in [0.3, 0.4) is 0 Å². The molecule has 0 fully saturated rings. The third-order valence-corrected chi connectivity index (χ3v) is 4.28. The van der Waals surface area contributed by atoms with Crippen LogP contribution >= 0.6 is 0 Å². The third kappa shape index (κ3) is 4.20. The van der Waals surface area contributed by atoms with Gasteiger partial charge in [-0.1, -0.05) is 32.0 Å². The van der Waals surface area contributed by atoms with Crippen molar-refractivity contribution in [2.45, 2.75) is 26.9 Å². The highest BCUT2D eigenvalue weighted by molar-refractivity contribution is 5.41. The number of aromatic amines is 1. The van der Waals surface area contributed by atoms with Crippen molar-refractivity contribution in [3.63, 3.8) is 0 Å². The van der Waals surface area contributed by atoms with Crippen LogP contribution in [0, 0.1) is 5.41 Å². The number of para-hydroxylation sites is 1. The fraction of sp³-hybridized carbons (Fsp3) is 0.474. The van der Waals surface area contributed by atoms with Gasteiger partial charge in [-0.15, -0.1) is 0 Å². The van der Waals surface area contributed by atoms with Gasteiger partial charge >= 0.3 is 0 Å². The number of anilines is 1. The van der Waals surface area contributed by atoms with E-state index in [1.165, 1.54) is 0 Å². The number of ether oxygens (including phenoxy) is 1. The van der Waals surface area contributed by atoms with Crippen LogP contribution < -0.4 is 15.6 Å². The van der Waals surface area contributed by atoms with E-state index in [-0.39, 0.29) is 11.0 Å². The molecule has 0 bridgehead atoms. The molecule has 1 aliphatic rings. The normalized spacial score (nSPS) is 13.6. The number of nitrogens with one attached hydrogen (secondary N) is 2. The summed E-state index contributed by atoms with van der Waals surface area (Å²) in [6.07, 6.45) is 0.542. The Kier molecular flexibility index (Phi) is 4.81. The van der Waals surface area contributed by atoms with Gasteiger partial charge in [0.05, 0.1) is 5.69 Å². The van der Waals surface area contributed by atoms with Gasteiger partial charge in [0, 0.05) is 25.1 Å². The van der Waals surface area contributed by atoms with Gasteiger partial charge in [-0.3, -0.25) is 9.78 Å². The van der Waals surface area contributed by atoms with Crippen molar-refractivity contribution in [1.29, 1.82) is 0 Å². The molecule has 1 aromatic carbocycles. The second-order valence-corrected chi connectivity index (χ2v) is 7.67. The van der Waals surface area contributed by atoms with Crippen LogP contribution in [0.2, 0.25) is 0 Å². The zero-order valence-electron chi connectivity index (χ0n) is 15.3. The molecule has 0 amide bonds. The van der Waals surface area contributed by atoms with Crippen LogP contribution in [-0.4, -0.2) is 42.1 Å². The lowest BCUT2D eigenvalue weighted by Crippen LogP contribution is -2.35. The highest BCUT2D eigenvalue weighted by Gasteiger charge is 2.21. The molecular weight excluding hydrogens is 316 g/mol. The van der Waals surface area contributed by atoms with Gasteiger partial charge in [-0.2, -0.15) is 0 Å². The Balaban J connectivity index is 1.80. The molecule has 0 spiro atoms. The van der Waals surface area contributed by atoms with Gasteiger partial charge in [-0.25, -0.2) is 4.98 Å². The Hall–Kier alpha value is -2.34. The molecular formula is C19H26N4O2. The summed E-state index contributed by atoms with van der Waals surface area (Å²) in [6, 6.07) is 7.81. The molecule has 0 aliphatic carbocycles. The molecule has 25 heavy (non-hydrogen) atoms. The van der Waals surface area contributed by atoms with Crippen molar-refractivity contribution in [2.75, 3.05) is 32.5 Å². The number of nitrogens with zero attached hydrogens (tertiary/aromatic N) is 2. The first-order valence-electron chi connectivity index (χ1n) is 8.55. The van der Waals surface area contributed by atoms with Crippen molar-refractivity contribution < 1.29 is 4.74 Å². The Morgan fingerprint density at radius 2 is 2.08 bits per heavy atom. The molecule has 1 aromatic heterocycles. The van der Waals surface area contributed by atoms with Gasteiger partial charge < -0.3 is 15.0 Å². The van der Waals surface area contributed by atoms with E-state index in [9.17, 15) is 4.79 Å². The van der Waals surface area contributed by atoms with E-state index in [0.717, 1.165) is 17.9 Å². The van der Waals surface area contributed by atoms with E-state index in [1.807, 2.05) is 24.3 Å². The molecule has 1 aliphatic heterocycles. The lowest BCUT2D eigenvalue weighted by Gasteiger charge is -2.28. The Morgan fingerprint density at radius 1 is 1.32 bits per heavy atom. The van der Waals surface area contributed by atoms with E-state index < -0.39 is 0 Å². The maximum absolute atomic E-state index is 12.6. The van der Waals surface area contributed by atoms with Crippen LogP contribution in [0.25, 0.3) is 0 Å². The maximum atomic E-state index is 12.6. The zero-order chi connectivity index (χ0) is 18.0. The predicted octanol–water partition coefficient (Wildman–Crippen LogP) is 2.25. The average Bonchev–Trinajstić information content (AvgIpc) is 2.72. The third-order valence-electron chi connectivity index (χ3n) is 4.28.